The molecule has 0 unspecified atom stereocenters. The second-order valence-electron chi connectivity index (χ2n) is 7.01. The van der Waals surface area contributed by atoms with E-state index in [0.717, 1.165) is 6.07 Å². The summed E-state index contributed by atoms with van der Waals surface area (Å²) in [5.74, 6) is -29.6. The van der Waals surface area contributed by atoms with E-state index >= 15 is 0 Å². The summed E-state index contributed by atoms with van der Waals surface area (Å²) >= 11 is 0. The number of halogens is 13. The van der Waals surface area contributed by atoms with Crippen LogP contribution in [0.25, 0.3) is 22.3 Å². The van der Waals surface area contributed by atoms with Crippen LogP contribution in [0.1, 0.15) is 0 Å². The molecule has 194 valence electrons. The van der Waals surface area contributed by atoms with Gasteiger partial charge in [0, 0.05) is 11.6 Å². The van der Waals surface area contributed by atoms with Crippen molar-refractivity contribution in [1.82, 2.24) is 0 Å². The van der Waals surface area contributed by atoms with Gasteiger partial charge < -0.3 is 0 Å². The first-order valence-electron chi connectivity index (χ1n) is 9.52. The van der Waals surface area contributed by atoms with Gasteiger partial charge in [0.15, 0.2) is 58.2 Å². The first-order valence-corrected chi connectivity index (χ1v) is 9.52. The van der Waals surface area contributed by atoms with E-state index in [1.165, 1.54) is 0 Å². The summed E-state index contributed by atoms with van der Waals surface area (Å²) in [6, 6.07) is 9.80. The summed E-state index contributed by atoms with van der Waals surface area (Å²) in [6.45, 7) is 0. The maximum absolute atomic E-state index is 13.4. The van der Waals surface area contributed by atoms with E-state index in [4.69, 9.17) is 0 Å². The van der Waals surface area contributed by atoms with Crippen LogP contribution in [0.4, 0.5) is 57.1 Å². The third-order valence-electron chi connectivity index (χ3n) is 4.75. The molecule has 0 aromatic heterocycles. The quantitative estimate of drug-likeness (QED) is 0.135. The molecule has 0 amide bonds. The van der Waals surface area contributed by atoms with Gasteiger partial charge in [-0.05, 0) is 11.6 Å². The molecule has 4 rings (SSSR count). The molecule has 0 aliphatic rings. The van der Waals surface area contributed by atoms with Crippen LogP contribution in [-0.2, 0) is 0 Å². The minimum atomic E-state index is -2.68. The zero-order chi connectivity index (χ0) is 27.8. The lowest BCUT2D eigenvalue weighted by Crippen LogP contribution is -2.10. The normalized spacial score (nSPS) is 10.8. The Labute approximate surface area is 198 Å². The Morgan fingerprint density at radius 2 is 0.703 bits per heavy atom. The molecule has 4 aromatic rings. The Morgan fingerprint density at radius 3 is 1.08 bits per heavy atom. The minimum absolute atomic E-state index is 0.0619. The number of benzene rings is 4. The minimum Gasteiger partial charge on any atom is -0.207 e. The Bertz CT molecular complexity index is 1370. The highest BCUT2D eigenvalue weighted by molar-refractivity contribution is 5.67. The average Bonchev–Trinajstić information content (AvgIpc) is 2.89. The van der Waals surface area contributed by atoms with Gasteiger partial charge in [-0.25, -0.2) is 57.1 Å². The summed E-state index contributed by atoms with van der Waals surface area (Å²) in [7, 11) is 0. The first-order chi connectivity index (χ1) is 17.3. The Hall–Kier alpha value is -4.03. The molecule has 0 bridgehead atoms. The fraction of sp³-hybridized carbons (Fsp3) is 0. The van der Waals surface area contributed by atoms with E-state index in [1.54, 1.807) is 30.3 Å². The molecular formula is C24H7F13. The summed E-state index contributed by atoms with van der Waals surface area (Å²) in [5, 5.41) is 0. The molecule has 0 atom stereocenters. The lowest BCUT2D eigenvalue weighted by molar-refractivity contribution is 0.370. The molecule has 0 aliphatic heterocycles. The summed E-state index contributed by atoms with van der Waals surface area (Å²) < 4.78 is 170. The average molecular weight is 542 g/mol. The predicted molar refractivity (Wildman–Crippen MR) is 103 cm³/mol. The second kappa shape index (κ2) is 10.5. The van der Waals surface area contributed by atoms with Crippen LogP contribution in [0.15, 0.2) is 42.5 Å². The van der Waals surface area contributed by atoms with Crippen LogP contribution < -0.4 is 0 Å². The van der Waals surface area contributed by atoms with Gasteiger partial charge in [-0.1, -0.05) is 30.3 Å². The van der Waals surface area contributed by atoms with Gasteiger partial charge in [-0.2, -0.15) is 0 Å². The summed E-state index contributed by atoms with van der Waals surface area (Å²) in [5.41, 5.74) is -4.13. The van der Waals surface area contributed by atoms with Crippen LogP contribution in [0.3, 0.4) is 0 Å². The van der Waals surface area contributed by atoms with Gasteiger partial charge in [-0.15, -0.1) is 0 Å². The fourth-order valence-electron chi connectivity index (χ4n) is 3.03. The molecular weight excluding hydrogens is 535 g/mol. The molecule has 0 nitrogen and oxygen atoms in total. The van der Waals surface area contributed by atoms with Crippen molar-refractivity contribution in [1.29, 1.82) is 0 Å². The van der Waals surface area contributed by atoms with Gasteiger partial charge in [0.05, 0.1) is 11.1 Å². The molecule has 0 saturated carbocycles. The highest BCUT2D eigenvalue weighted by atomic mass is 19.2. The lowest BCUT2D eigenvalue weighted by atomic mass is 10.0. The van der Waals surface area contributed by atoms with Gasteiger partial charge >= 0.3 is 0 Å². The highest BCUT2D eigenvalue weighted by Gasteiger charge is 2.34. The Balaban J connectivity index is 0.000000220. The van der Waals surface area contributed by atoms with Crippen LogP contribution in [0.5, 0.6) is 0 Å². The number of rotatable bonds is 2. The zero-order valence-corrected chi connectivity index (χ0v) is 17.5. The van der Waals surface area contributed by atoms with Gasteiger partial charge in [-0.3, -0.25) is 0 Å². The third-order valence-corrected chi connectivity index (χ3v) is 4.75. The molecule has 0 fully saturated rings. The Kier molecular flexibility index (Phi) is 7.84. The molecule has 0 saturated heterocycles. The molecule has 0 radical (unpaired) electrons. The second-order valence-corrected chi connectivity index (χ2v) is 7.01. The molecule has 0 spiro atoms. The number of hydrogen-bond donors (Lipinski definition) is 0. The van der Waals surface area contributed by atoms with E-state index in [-0.39, 0.29) is 5.56 Å². The maximum Gasteiger partial charge on any atom is 0.200 e. The van der Waals surface area contributed by atoms with Crippen molar-refractivity contribution in [2.24, 2.45) is 0 Å². The topological polar surface area (TPSA) is 0 Å². The zero-order valence-electron chi connectivity index (χ0n) is 17.5. The number of hydrogen-bond acceptors (Lipinski definition) is 0. The van der Waals surface area contributed by atoms with E-state index in [1.807, 2.05) is 0 Å². The lowest BCUT2D eigenvalue weighted by Gasteiger charge is -2.11. The largest absolute Gasteiger partial charge is 0.207 e. The van der Waals surface area contributed by atoms with Gasteiger partial charge in [0.2, 0.25) is 11.6 Å². The molecule has 0 aliphatic carbocycles. The third kappa shape index (κ3) is 4.98. The summed E-state index contributed by atoms with van der Waals surface area (Å²) in [6.07, 6.45) is 0. The van der Waals surface area contributed by atoms with E-state index < -0.39 is 86.8 Å². The molecule has 0 N–H and O–H groups in total. The van der Waals surface area contributed by atoms with E-state index in [2.05, 4.69) is 0 Å². The molecule has 0 heterocycles. The Morgan fingerprint density at radius 1 is 0.351 bits per heavy atom. The molecule has 13 heteroatoms. The van der Waals surface area contributed by atoms with Crippen molar-refractivity contribution in [3.8, 4) is 22.3 Å². The maximum atomic E-state index is 13.4. The predicted octanol–water partition coefficient (Wildman–Crippen LogP) is 8.52. The van der Waals surface area contributed by atoms with Crippen molar-refractivity contribution in [2.45, 2.75) is 0 Å². The first kappa shape index (κ1) is 27.6. The van der Waals surface area contributed by atoms with Crippen LogP contribution in [0.2, 0.25) is 0 Å². The summed E-state index contributed by atoms with van der Waals surface area (Å²) in [4.78, 5) is 0. The highest BCUT2D eigenvalue weighted by Crippen LogP contribution is 2.37. The van der Waals surface area contributed by atoms with Gasteiger partial charge in [0.1, 0.15) is 5.82 Å². The molecule has 4 aromatic carbocycles. The SMILES string of the molecule is Fc1c(F)c(F)c(-c2c(F)c(F)c(F)c(F)c2F)c(F)c1F.Fc1cc(F)c(F)c(-c2ccccc2)c1. The van der Waals surface area contributed by atoms with Crippen molar-refractivity contribution in [2.75, 3.05) is 0 Å². The standard InChI is InChI=1S/C12F10.C12H7F3/c13-3-1(4(14)8(18)11(21)7(3)17)2-5(15)9(19)12(22)10(20)6(2)16;13-9-6-10(12(15)11(14)7-9)8-4-2-1-3-5-8/h;1-7H. The van der Waals surface area contributed by atoms with Crippen LogP contribution >= 0.6 is 0 Å². The van der Waals surface area contributed by atoms with Crippen molar-refractivity contribution in [3.05, 3.63) is 118 Å². The van der Waals surface area contributed by atoms with E-state index in [0.29, 0.717) is 11.6 Å². The van der Waals surface area contributed by atoms with Crippen LogP contribution in [0, 0.1) is 75.6 Å². The van der Waals surface area contributed by atoms with Crippen LogP contribution in [-0.4, -0.2) is 0 Å². The molecule has 37 heavy (non-hydrogen) atoms. The van der Waals surface area contributed by atoms with E-state index in [9.17, 15) is 57.1 Å². The van der Waals surface area contributed by atoms with Crippen molar-refractivity contribution >= 4 is 0 Å². The fourth-order valence-corrected chi connectivity index (χ4v) is 3.03. The van der Waals surface area contributed by atoms with Crippen molar-refractivity contribution in [3.63, 3.8) is 0 Å². The smallest absolute Gasteiger partial charge is 0.200 e. The van der Waals surface area contributed by atoms with Gasteiger partial charge in [0.25, 0.3) is 0 Å². The van der Waals surface area contributed by atoms with Crippen molar-refractivity contribution < 1.29 is 57.1 Å². The monoisotopic (exact) mass is 542 g/mol.